The molecule has 3 heteroatoms. The summed E-state index contributed by atoms with van der Waals surface area (Å²) < 4.78 is 2.36. The number of hydrogen-bond donors (Lipinski definition) is 0. The molecule has 2 heterocycles. The van der Waals surface area contributed by atoms with Crippen LogP contribution in [0.2, 0.25) is 0 Å². The van der Waals surface area contributed by atoms with Crippen molar-refractivity contribution >= 4 is 53.2 Å². The maximum Gasteiger partial charge on any atom is 0.160 e. The number of hydrogen-bond acceptors (Lipinski definition) is 3. The molecule has 2 nitrogen and oxygen atoms in total. The van der Waals surface area contributed by atoms with Gasteiger partial charge in [0.2, 0.25) is 0 Å². The zero-order valence-corrected chi connectivity index (χ0v) is 28.4. The number of aromatic nitrogens is 2. The van der Waals surface area contributed by atoms with Crippen LogP contribution in [-0.2, 0) is 0 Å². The van der Waals surface area contributed by atoms with Crippen LogP contribution in [0.4, 0.5) is 0 Å². The van der Waals surface area contributed by atoms with E-state index in [1.165, 1.54) is 59.4 Å². The van der Waals surface area contributed by atoms with E-state index in [1.54, 1.807) is 0 Å². The minimum atomic E-state index is 0.737. The van der Waals surface area contributed by atoms with Gasteiger partial charge in [0.15, 0.2) is 5.82 Å². The van der Waals surface area contributed by atoms with E-state index in [-0.39, 0.29) is 0 Å². The van der Waals surface area contributed by atoms with Gasteiger partial charge >= 0.3 is 0 Å². The van der Waals surface area contributed by atoms with Gasteiger partial charge in [0.25, 0.3) is 0 Å². The van der Waals surface area contributed by atoms with Crippen LogP contribution in [0.15, 0.2) is 182 Å². The zero-order chi connectivity index (χ0) is 33.7. The van der Waals surface area contributed by atoms with Gasteiger partial charge < -0.3 is 0 Å². The summed E-state index contributed by atoms with van der Waals surface area (Å²) in [6, 6.07) is 64.9. The molecule has 10 aromatic rings. The van der Waals surface area contributed by atoms with E-state index < -0.39 is 0 Å². The average molecular weight is 667 g/mol. The summed E-state index contributed by atoms with van der Waals surface area (Å²) in [5.74, 6) is 0.737. The highest BCUT2D eigenvalue weighted by molar-refractivity contribution is 7.27. The Morgan fingerprint density at radius 3 is 1.43 bits per heavy atom. The second-order valence-corrected chi connectivity index (χ2v) is 14.0. The van der Waals surface area contributed by atoms with Crippen LogP contribution in [0.1, 0.15) is 0 Å². The monoisotopic (exact) mass is 666 g/mol. The van der Waals surface area contributed by atoms with E-state index in [0.29, 0.717) is 0 Å². The SMILES string of the molecule is c1ccc(-c2ccc(-c3cccc(-c4cccc(-c5nc(-c6ccccc6)nc6c5sc5c7ccccc7c7ccccc7c65)c4)c3)cc2)cc1. The first-order valence-electron chi connectivity index (χ1n) is 17.2. The first-order valence-corrected chi connectivity index (χ1v) is 18.1. The highest BCUT2D eigenvalue weighted by atomic mass is 32.1. The first kappa shape index (κ1) is 29.5. The van der Waals surface area contributed by atoms with Gasteiger partial charge in [-0.05, 0) is 61.7 Å². The molecule has 8 aromatic carbocycles. The number of benzene rings is 8. The van der Waals surface area contributed by atoms with Crippen LogP contribution in [0.5, 0.6) is 0 Å². The number of rotatable bonds is 5. The minimum absolute atomic E-state index is 0.737. The molecule has 0 fully saturated rings. The summed E-state index contributed by atoms with van der Waals surface area (Å²) in [5, 5.41) is 6.19. The third kappa shape index (κ3) is 5.10. The molecular formula is C48H30N2S. The molecule has 0 bridgehead atoms. The molecule has 0 atom stereocenters. The van der Waals surface area contributed by atoms with E-state index in [1.807, 2.05) is 17.4 Å². The average Bonchev–Trinajstić information content (AvgIpc) is 3.62. The molecule has 10 rings (SSSR count). The Bertz CT molecular complexity index is 2890. The van der Waals surface area contributed by atoms with Crippen LogP contribution in [-0.4, -0.2) is 9.97 Å². The van der Waals surface area contributed by atoms with Crippen molar-refractivity contribution in [1.82, 2.24) is 9.97 Å². The number of thiophene rings is 1. The predicted octanol–water partition coefficient (Wildman–Crippen LogP) is 13.5. The lowest BCUT2D eigenvalue weighted by molar-refractivity contribution is 1.24. The smallest absolute Gasteiger partial charge is 0.160 e. The Morgan fingerprint density at radius 1 is 0.314 bits per heavy atom. The van der Waals surface area contributed by atoms with Gasteiger partial charge in [-0.2, -0.15) is 0 Å². The zero-order valence-electron chi connectivity index (χ0n) is 27.6. The Balaban J connectivity index is 1.15. The highest BCUT2D eigenvalue weighted by Gasteiger charge is 2.20. The molecule has 51 heavy (non-hydrogen) atoms. The molecule has 2 aromatic heterocycles. The van der Waals surface area contributed by atoms with Crippen molar-refractivity contribution in [2.75, 3.05) is 0 Å². The van der Waals surface area contributed by atoms with Gasteiger partial charge in [0.05, 0.1) is 15.9 Å². The largest absolute Gasteiger partial charge is 0.226 e. The minimum Gasteiger partial charge on any atom is -0.226 e. The van der Waals surface area contributed by atoms with Crippen LogP contribution >= 0.6 is 11.3 Å². The van der Waals surface area contributed by atoms with E-state index in [2.05, 4.69) is 176 Å². The highest BCUT2D eigenvalue weighted by Crippen LogP contribution is 2.46. The van der Waals surface area contributed by atoms with Crippen molar-refractivity contribution in [1.29, 1.82) is 0 Å². The van der Waals surface area contributed by atoms with Crippen molar-refractivity contribution in [3.05, 3.63) is 182 Å². The summed E-state index contributed by atoms with van der Waals surface area (Å²) in [7, 11) is 0. The molecule has 0 spiro atoms. The van der Waals surface area contributed by atoms with Gasteiger partial charge in [-0.3, -0.25) is 0 Å². The van der Waals surface area contributed by atoms with Gasteiger partial charge in [-0.15, -0.1) is 11.3 Å². The second-order valence-electron chi connectivity index (χ2n) is 12.9. The van der Waals surface area contributed by atoms with Crippen LogP contribution in [0.3, 0.4) is 0 Å². The van der Waals surface area contributed by atoms with E-state index in [9.17, 15) is 0 Å². The molecule has 0 amide bonds. The lowest BCUT2D eigenvalue weighted by atomic mass is 9.96. The molecule has 0 radical (unpaired) electrons. The third-order valence-corrected chi connectivity index (χ3v) is 11.1. The van der Waals surface area contributed by atoms with E-state index in [0.717, 1.165) is 38.4 Å². The van der Waals surface area contributed by atoms with Gasteiger partial charge in [-0.1, -0.05) is 170 Å². The van der Waals surface area contributed by atoms with Gasteiger partial charge in [0.1, 0.15) is 0 Å². The lowest BCUT2D eigenvalue weighted by Crippen LogP contribution is -1.94. The molecular weight excluding hydrogens is 637 g/mol. The molecule has 0 N–H and O–H groups in total. The second kappa shape index (κ2) is 12.2. The number of nitrogens with zero attached hydrogens (tertiary/aromatic N) is 2. The van der Waals surface area contributed by atoms with Crippen molar-refractivity contribution in [2.24, 2.45) is 0 Å². The van der Waals surface area contributed by atoms with E-state index >= 15 is 0 Å². The summed E-state index contributed by atoms with van der Waals surface area (Å²) in [6.07, 6.45) is 0. The molecule has 0 aliphatic heterocycles. The maximum atomic E-state index is 5.33. The predicted molar refractivity (Wildman–Crippen MR) is 217 cm³/mol. The van der Waals surface area contributed by atoms with Crippen LogP contribution in [0.25, 0.3) is 97.9 Å². The Morgan fingerprint density at radius 2 is 0.765 bits per heavy atom. The molecule has 238 valence electrons. The molecule has 0 unspecified atom stereocenters. The summed E-state index contributed by atoms with van der Waals surface area (Å²) in [4.78, 5) is 10.7. The molecule has 0 aliphatic rings. The van der Waals surface area contributed by atoms with Crippen LogP contribution in [0, 0.1) is 0 Å². The van der Waals surface area contributed by atoms with Crippen molar-refractivity contribution in [3.63, 3.8) is 0 Å². The Labute approximate surface area is 300 Å². The summed E-state index contributed by atoms with van der Waals surface area (Å²) in [6.45, 7) is 0. The molecule has 0 aliphatic carbocycles. The standard InChI is InChI=1S/C48H30N2S/c1-3-13-31(14-4-1)32-25-27-33(28-26-32)35-17-11-18-36(29-35)37-19-12-20-38(30-37)44-47-45(50-48(49-44)34-15-5-2-6-16-34)43-41-23-9-7-21-39(41)40-22-8-10-24-42(40)46(43)51-47/h1-30H. The normalized spacial score (nSPS) is 11.5. The van der Waals surface area contributed by atoms with Crippen LogP contribution < -0.4 is 0 Å². The van der Waals surface area contributed by atoms with Gasteiger partial charge in [0, 0.05) is 26.6 Å². The molecule has 0 saturated heterocycles. The molecule has 0 saturated carbocycles. The number of fused-ring (bicyclic) bond motifs is 8. The Hall–Kier alpha value is -6.42. The summed E-state index contributed by atoms with van der Waals surface area (Å²) in [5.41, 5.74) is 11.2. The fraction of sp³-hybridized carbons (Fsp3) is 0. The van der Waals surface area contributed by atoms with Crippen molar-refractivity contribution < 1.29 is 0 Å². The third-order valence-electron chi connectivity index (χ3n) is 9.88. The fourth-order valence-electron chi connectivity index (χ4n) is 7.39. The fourth-order valence-corrected chi connectivity index (χ4v) is 8.70. The van der Waals surface area contributed by atoms with Gasteiger partial charge in [-0.25, -0.2) is 9.97 Å². The topological polar surface area (TPSA) is 25.8 Å². The van der Waals surface area contributed by atoms with Crippen molar-refractivity contribution in [3.8, 4) is 56.0 Å². The Kier molecular flexibility index (Phi) is 7.04. The van der Waals surface area contributed by atoms with E-state index in [4.69, 9.17) is 9.97 Å². The quantitative estimate of drug-likeness (QED) is 0.171. The maximum absolute atomic E-state index is 5.33. The lowest BCUT2D eigenvalue weighted by Gasteiger charge is -2.11. The first-order chi connectivity index (χ1) is 25.3. The summed E-state index contributed by atoms with van der Waals surface area (Å²) >= 11 is 1.81. The van der Waals surface area contributed by atoms with Crippen molar-refractivity contribution in [2.45, 2.75) is 0 Å².